The summed E-state index contributed by atoms with van der Waals surface area (Å²) in [5, 5.41) is 15.4. The smallest absolute Gasteiger partial charge is 0.490 e. The highest BCUT2D eigenvalue weighted by atomic mass is 35.5. The summed E-state index contributed by atoms with van der Waals surface area (Å²) in [5.74, 6) is -1.44. The van der Waals surface area contributed by atoms with Gasteiger partial charge in [0.25, 0.3) is 0 Å². The van der Waals surface area contributed by atoms with Crippen LogP contribution >= 0.6 is 11.6 Å². The predicted molar refractivity (Wildman–Crippen MR) is 124 cm³/mol. The van der Waals surface area contributed by atoms with Crippen LogP contribution in [0.5, 0.6) is 5.75 Å². The SMILES string of the molecule is CCn1c(-c2nonc2N)nc2c(-c3ccc(Cl)cc3)ncc(OCCCN)c21.O=C(O)C(F)(F)F. The minimum atomic E-state index is -5.08. The lowest BCUT2D eigenvalue weighted by atomic mass is 10.1. The lowest BCUT2D eigenvalue weighted by Crippen LogP contribution is -2.21. The molecule has 4 rings (SSSR count). The van der Waals surface area contributed by atoms with Gasteiger partial charge in [-0.1, -0.05) is 23.7 Å². The van der Waals surface area contributed by atoms with Crippen LogP contribution in [0.4, 0.5) is 19.0 Å². The minimum absolute atomic E-state index is 0.168. The third-order valence-corrected chi connectivity index (χ3v) is 5.00. The van der Waals surface area contributed by atoms with E-state index in [0.29, 0.717) is 53.2 Å². The normalized spacial score (nSPS) is 11.3. The van der Waals surface area contributed by atoms with Gasteiger partial charge in [0, 0.05) is 17.1 Å². The Bertz CT molecular complexity index is 1340. The van der Waals surface area contributed by atoms with Gasteiger partial charge in [0.1, 0.15) is 11.0 Å². The average Bonchev–Trinajstić information content (AvgIpc) is 3.43. The lowest BCUT2D eigenvalue weighted by Gasteiger charge is -2.11. The number of rotatable bonds is 7. The number of hydrogen-bond acceptors (Lipinski definition) is 9. The summed E-state index contributed by atoms with van der Waals surface area (Å²) in [6.45, 7) is 3.63. The average molecular weight is 528 g/mol. The summed E-state index contributed by atoms with van der Waals surface area (Å²) in [6, 6.07) is 7.42. The molecule has 3 heterocycles. The monoisotopic (exact) mass is 527 g/mol. The van der Waals surface area contributed by atoms with Gasteiger partial charge in [-0.2, -0.15) is 13.2 Å². The van der Waals surface area contributed by atoms with Crippen LogP contribution in [0, 0.1) is 0 Å². The molecule has 0 fully saturated rings. The predicted octanol–water partition coefficient (Wildman–Crippen LogP) is 3.76. The number of aliphatic carboxylic acids is 1. The Morgan fingerprint density at radius 3 is 2.42 bits per heavy atom. The van der Waals surface area contributed by atoms with Crippen LogP contribution in [0.2, 0.25) is 5.02 Å². The number of benzene rings is 1. The van der Waals surface area contributed by atoms with Gasteiger partial charge < -0.3 is 25.9 Å². The van der Waals surface area contributed by atoms with E-state index < -0.39 is 12.1 Å². The Hall–Kier alpha value is -3.91. The van der Waals surface area contributed by atoms with Crippen molar-refractivity contribution in [2.45, 2.75) is 26.1 Å². The quantitative estimate of drug-likeness (QED) is 0.301. The van der Waals surface area contributed by atoms with E-state index in [1.807, 2.05) is 35.8 Å². The van der Waals surface area contributed by atoms with Crippen LogP contribution in [-0.4, -0.2) is 55.3 Å². The van der Waals surface area contributed by atoms with Crippen LogP contribution in [-0.2, 0) is 11.3 Å². The first kappa shape index (κ1) is 26.7. The maximum Gasteiger partial charge on any atom is 0.490 e. The third kappa shape index (κ3) is 5.83. The van der Waals surface area contributed by atoms with E-state index in [4.69, 9.17) is 47.3 Å². The van der Waals surface area contributed by atoms with Crippen molar-refractivity contribution in [1.82, 2.24) is 24.8 Å². The molecule has 0 aliphatic rings. The molecule has 5 N–H and O–H groups in total. The zero-order valence-corrected chi connectivity index (χ0v) is 19.5. The molecule has 11 nitrogen and oxygen atoms in total. The van der Waals surface area contributed by atoms with E-state index in [2.05, 4.69) is 15.3 Å². The molecular weight excluding hydrogens is 507 g/mol. The van der Waals surface area contributed by atoms with Crippen molar-refractivity contribution in [2.75, 3.05) is 18.9 Å². The summed E-state index contributed by atoms with van der Waals surface area (Å²) in [5.41, 5.74) is 14.9. The van der Waals surface area contributed by atoms with E-state index in [1.54, 1.807) is 6.20 Å². The highest BCUT2D eigenvalue weighted by Gasteiger charge is 2.38. The molecule has 0 saturated heterocycles. The van der Waals surface area contributed by atoms with Crippen LogP contribution in [0.15, 0.2) is 35.1 Å². The number of imidazole rings is 1. The number of halogens is 4. The maximum atomic E-state index is 10.6. The van der Waals surface area contributed by atoms with Gasteiger partial charge in [0.05, 0.1) is 18.5 Å². The molecule has 15 heteroatoms. The summed E-state index contributed by atoms with van der Waals surface area (Å²) < 4.78 is 44.4. The van der Waals surface area contributed by atoms with Gasteiger partial charge in [0.15, 0.2) is 23.1 Å². The highest BCUT2D eigenvalue weighted by Crippen LogP contribution is 2.36. The van der Waals surface area contributed by atoms with E-state index in [1.165, 1.54) is 0 Å². The second kappa shape index (κ2) is 11.2. The fourth-order valence-corrected chi connectivity index (χ4v) is 3.27. The topological polar surface area (TPSA) is 168 Å². The molecule has 0 bridgehead atoms. The molecule has 0 saturated carbocycles. The number of nitrogens with zero attached hydrogens (tertiary/aromatic N) is 5. The van der Waals surface area contributed by atoms with Crippen molar-refractivity contribution in [2.24, 2.45) is 5.73 Å². The van der Waals surface area contributed by atoms with Gasteiger partial charge in [-0.25, -0.2) is 19.4 Å². The van der Waals surface area contributed by atoms with E-state index in [0.717, 1.165) is 17.5 Å². The van der Waals surface area contributed by atoms with Gasteiger partial charge >= 0.3 is 12.1 Å². The van der Waals surface area contributed by atoms with Gasteiger partial charge in [-0.3, -0.25) is 0 Å². The summed E-state index contributed by atoms with van der Waals surface area (Å²) in [4.78, 5) is 18.3. The summed E-state index contributed by atoms with van der Waals surface area (Å²) >= 11 is 6.04. The molecule has 192 valence electrons. The fourth-order valence-electron chi connectivity index (χ4n) is 3.14. The number of pyridine rings is 1. The van der Waals surface area contributed by atoms with Crippen molar-refractivity contribution in [3.63, 3.8) is 0 Å². The van der Waals surface area contributed by atoms with Crippen molar-refractivity contribution >= 4 is 34.4 Å². The second-order valence-electron chi connectivity index (χ2n) is 7.15. The largest absolute Gasteiger partial charge is 0.490 e. The summed E-state index contributed by atoms with van der Waals surface area (Å²) in [7, 11) is 0. The Morgan fingerprint density at radius 2 is 1.89 bits per heavy atom. The number of carboxylic acid groups (broad SMARTS) is 1. The first-order chi connectivity index (χ1) is 17.1. The van der Waals surface area contributed by atoms with E-state index in [9.17, 15) is 13.2 Å². The van der Waals surface area contributed by atoms with Crippen molar-refractivity contribution in [3.8, 4) is 28.5 Å². The number of anilines is 1. The van der Waals surface area contributed by atoms with Crippen LogP contribution in [0.3, 0.4) is 0 Å². The Balaban J connectivity index is 0.000000454. The Labute approximate surface area is 206 Å². The maximum absolute atomic E-state index is 10.6. The molecule has 0 aliphatic heterocycles. The standard InChI is InChI=1S/C19H20ClN7O2.C2HF3O2/c1-2-27-17-13(28-9-3-8-21)10-23-14(11-4-6-12(20)7-5-11)15(17)24-19(27)16-18(22)26-29-25-16;3-2(4,5)1(6)7/h4-7,10H,2-3,8-9,21H2,1H3,(H2,22,26);(H,6,7). The molecule has 0 unspecified atom stereocenters. The second-order valence-corrected chi connectivity index (χ2v) is 7.58. The zero-order chi connectivity index (χ0) is 26.5. The number of aryl methyl sites for hydroxylation is 1. The molecule has 0 radical (unpaired) electrons. The van der Waals surface area contributed by atoms with Crippen LogP contribution in [0.25, 0.3) is 33.8 Å². The fraction of sp³-hybridized carbons (Fsp3) is 0.286. The summed E-state index contributed by atoms with van der Waals surface area (Å²) in [6.07, 6.45) is -2.65. The van der Waals surface area contributed by atoms with Crippen LogP contribution in [0.1, 0.15) is 13.3 Å². The Morgan fingerprint density at radius 1 is 1.22 bits per heavy atom. The van der Waals surface area contributed by atoms with E-state index in [-0.39, 0.29) is 5.82 Å². The molecule has 0 spiro atoms. The molecule has 0 amide bonds. The van der Waals surface area contributed by atoms with Crippen LogP contribution < -0.4 is 16.2 Å². The number of nitrogen functional groups attached to an aromatic ring is 1. The van der Waals surface area contributed by atoms with Gasteiger partial charge in [-0.05, 0) is 42.3 Å². The highest BCUT2D eigenvalue weighted by molar-refractivity contribution is 6.30. The molecule has 0 aliphatic carbocycles. The van der Waals surface area contributed by atoms with Gasteiger partial charge in [0.2, 0.25) is 0 Å². The number of ether oxygens (including phenoxy) is 1. The van der Waals surface area contributed by atoms with Gasteiger partial charge in [-0.15, -0.1) is 0 Å². The number of carbonyl (C=O) groups is 1. The number of alkyl halides is 3. The number of aromatic nitrogens is 5. The minimum Gasteiger partial charge on any atom is -0.490 e. The molecule has 36 heavy (non-hydrogen) atoms. The number of fused-ring (bicyclic) bond motifs is 1. The first-order valence-corrected chi connectivity index (χ1v) is 10.8. The molecule has 0 atom stereocenters. The van der Waals surface area contributed by atoms with Crippen molar-refractivity contribution in [3.05, 3.63) is 35.5 Å². The molecule has 4 aromatic rings. The third-order valence-electron chi connectivity index (χ3n) is 4.74. The van der Waals surface area contributed by atoms with Crippen molar-refractivity contribution in [1.29, 1.82) is 0 Å². The molecular formula is C21H21ClF3N7O4. The first-order valence-electron chi connectivity index (χ1n) is 10.4. The number of hydrogen-bond donors (Lipinski definition) is 3. The molecule has 1 aromatic carbocycles. The zero-order valence-electron chi connectivity index (χ0n) is 18.8. The Kier molecular flexibility index (Phi) is 8.32. The van der Waals surface area contributed by atoms with E-state index >= 15 is 0 Å². The molecule has 3 aromatic heterocycles. The number of nitrogens with two attached hydrogens (primary N) is 2. The van der Waals surface area contributed by atoms with Crippen molar-refractivity contribution < 1.29 is 32.4 Å². The lowest BCUT2D eigenvalue weighted by molar-refractivity contribution is -0.192. The number of carboxylic acids is 1.